The zero-order valence-electron chi connectivity index (χ0n) is 16.2. The first-order valence-electron chi connectivity index (χ1n) is 9.79. The second kappa shape index (κ2) is 8.65. The van der Waals surface area contributed by atoms with Crippen molar-refractivity contribution in [1.29, 1.82) is 0 Å². The lowest BCUT2D eigenvalue weighted by atomic mass is 9.91. The van der Waals surface area contributed by atoms with Crippen molar-refractivity contribution in [2.75, 3.05) is 0 Å². The van der Waals surface area contributed by atoms with E-state index in [1.54, 1.807) is 46.7 Å². The Labute approximate surface area is 172 Å². The molecule has 0 saturated heterocycles. The predicted molar refractivity (Wildman–Crippen MR) is 112 cm³/mol. The van der Waals surface area contributed by atoms with Crippen LogP contribution >= 0.6 is 11.3 Å². The van der Waals surface area contributed by atoms with E-state index in [1.807, 2.05) is 19.1 Å². The summed E-state index contributed by atoms with van der Waals surface area (Å²) in [5.74, 6) is 0.0333. The first kappa shape index (κ1) is 19.4. The summed E-state index contributed by atoms with van der Waals surface area (Å²) in [6.45, 7) is 1.94. The van der Waals surface area contributed by atoms with E-state index in [2.05, 4.69) is 20.4 Å². The van der Waals surface area contributed by atoms with Crippen LogP contribution in [0.5, 0.6) is 0 Å². The molecule has 3 heterocycles. The zero-order chi connectivity index (χ0) is 20.2. The van der Waals surface area contributed by atoms with Gasteiger partial charge in [-0.1, -0.05) is 0 Å². The highest BCUT2D eigenvalue weighted by Crippen LogP contribution is 2.27. The molecule has 0 unspecified atom stereocenters. The van der Waals surface area contributed by atoms with Gasteiger partial charge in [0.2, 0.25) is 5.91 Å². The van der Waals surface area contributed by atoms with Crippen LogP contribution in [0.3, 0.4) is 0 Å². The molecule has 0 aliphatic heterocycles. The molecule has 1 amide bonds. The van der Waals surface area contributed by atoms with Gasteiger partial charge in [-0.25, -0.2) is 9.67 Å². The summed E-state index contributed by atoms with van der Waals surface area (Å²) >= 11 is 1.55. The van der Waals surface area contributed by atoms with Crippen LogP contribution in [-0.4, -0.2) is 31.7 Å². The molecular weight excluding hydrogens is 386 g/mol. The van der Waals surface area contributed by atoms with Crippen LogP contribution in [0.4, 0.5) is 0 Å². The summed E-state index contributed by atoms with van der Waals surface area (Å²) in [4.78, 5) is 34.0. The van der Waals surface area contributed by atoms with E-state index in [0.717, 1.165) is 46.8 Å². The van der Waals surface area contributed by atoms with E-state index < -0.39 is 0 Å². The largest absolute Gasteiger partial charge is 0.353 e. The number of nitrogens with zero attached hydrogens (tertiary/aromatic N) is 4. The van der Waals surface area contributed by atoms with Crippen LogP contribution in [0, 0.1) is 6.92 Å². The van der Waals surface area contributed by atoms with Gasteiger partial charge < -0.3 is 5.32 Å². The Hall–Kier alpha value is -2.87. The first-order valence-corrected chi connectivity index (χ1v) is 10.6. The Morgan fingerprint density at radius 2 is 2.03 bits per heavy atom. The van der Waals surface area contributed by atoms with Gasteiger partial charge in [0.1, 0.15) is 0 Å². The van der Waals surface area contributed by atoms with E-state index in [9.17, 15) is 9.59 Å². The number of carbonyl (C=O) groups is 1. The van der Waals surface area contributed by atoms with Crippen molar-refractivity contribution in [3.8, 4) is 11.3 Å². The Morgan fingerprint density at radius 1 is 1.21 bits per heavy atom. The Kier molecular flexibility index (Phi) is 5.80. The molecule has 1 N–H and O–H groups in total. The third-order valence-electron chi connectivity index (χ3n) is 5.19. The van der Waals surface area contributed by atoms with E-state index in [0.29, 0.717) is 6.42 Å². The summed E-state index contributed by atoms with van der Waals surface area (Å²) in [6.07, 6.45) is 8.90. The monoisotopic (exact) mass is 409 g/mol. The molecule has 3 aromatic rings. The zero-order valence-corrected chi connectivity index (χ0v) is 17.1. The van der Waals surface area contributed by atoms with Gasteiger partial charge in [-0.05, 0) is 50.8 Å². The van der Waals surface area contributed by atoms with Gasteiger partial charge >= 0.3 is 0 Å². The second-order valence-corrected chi connectivity index (χ2v) is 8.66. The van der Waals surface area contributed by atoms with Gasteiger partial charge in [0.25, 0.3) is 5.56 Å². The summed E-state index contributed by atoms with van der Waals surface area (Å²) < 4.78 is 1.60. The summed E-state index contributed by atoms with van der Waals surface area (Å²) in [6, 6.07) is 7.29. The lowest BCUT2D eigenvalue weighted by molar-refractivity contribution is -0.121. The van der Waals surface area contributed by atoms with Crippen molar-refractivity contribution in [2.24, 2.45) is 0 Å². The molecule has 7 nitrogen and oxygen atoms in total. The quantitative estimate of drug-likeness (QED) is 0.700. The van der Waals surface area contributed by atoms with Crippen molar-refractivity contribution in [1.82, 2.24) is 25.1 Å². The number of hydrogen-bond acceptors (Lipinski definition) is 6. The lowest BCUT2D eigenvalue weighted by Gasteiger charge is -2.29. The molecule has 3 aromatic heterocycles. The number of hydrogen-bond donors (Lipinski definition) is 1. The molecule has 0 aromatic carbocycles. The molecule has 4 rings (SSSR count). The molecule has 1 aliphatic carbocycles. The smallest absolute Gasteiger partial charge is 0.267 e. The first-order chi connectivity index (χ1) is 14.1. The molecule has 1 fully saturated rings. The van der Waals surface area contributed by atoms with Crippen molar-refractivity contribution in [2.45, 2.75) is 51.1 Å². The average Bonchev–Trinajstić information content (AvgIpc) is 3.14. The summed E-state index contributed by atoms with van der Waals surface area (Å²) in [7, 11) is 0. The van der Waals surface area contributed by atoms with Crippen LogP contribution < -0.4 is 10.9 Å². The van der Waals surface area contributed by atoms with Crippen LogP contribution in [0.2, 0.25) is 0 Å². The van der Waals surface area contributed by atoms with Crippen LogP contribution in [0.25, 0.3) is 11.3 Å². The fourth-order valence-corrected chi connectivity index (χ4v) is 4.54. The number of rotatable bonds is 5. The Bertz CT molecular complexity index is 1040. The molecule has 0 radical (unpaired) electrons. The number of thiazole rings is 1. The number of pyridine rings is 1. The third-order valence-corrected chi connectivity index (χ3v) is 6.11. The van der Waals surface area contributed by atoms with Gasteiger partial charge in [-0.2, -0.15) is 5.10 Å². The molecule has 0 bridgehead atoms. The van der Waals surface area contributed by atoms with Crippen molar-refractivity contribution >= 4 is 17.2 Å². The molecule has 1 saturated carbocycles. The Balaban J connectivity index is 1.37. The maximum Gasteiger partial charge on any atom is 0.267 e. The SMILES string of the molecule is Cc1ncc(CC(=O)NC2CCC(n3nc(-c4cccnc4)ccc3=O)CC2)s1. The summed E-state index contributed by atoms with van der Waals surface area (Å²) in [5.41, 5.74) is 1.54. The van der Waals surface area contributed by atoms with E-state index >= 15 is 0 Å². The standard InChI is InChI=1S/C21H23N5O2S/c1-14-23-13-18(29-14)11-20(27)24-16-4-6-17(7-5-16)26-21(28)9-8-19(25-26)15-3-2-10-22-12-15/h2-3,8-10,12-13,16-17H,4-7,11H2,1H3,(H,24,27). The summed E-state index contributed by atoms with van der Waals surface area (Å²) in [5, 5.41) is 8.68. The minimum atomic E-state index is -0.0920. The second-order valence-electron chi connectivity index (χ2n) is 7.34. The fraction of sp³-hybridized carbons (Fsp3) is 0.381. The van der Waals surface area contributed by atoms with Gasteiger partial charge in [0.05, 0.1) is 23.2 Å². The van der Waals surface area contributed by atoms with Crippen molar-refractivity contribution < 1.29 is 4.79 Å². The maximum absolute atomic E-state index is 12.4. The molecule has 8 heteroatoms. The third kappa shape index (κ3) is 4.76. The predicted octanol–water partition coefficient (Wildman–Crippen LogP) is 2.91. The number of amides is 1. The topological polar surface area (TPSA) is 89.8 Å². The van der Waals surface area contributed by atoms with Crippen LogP contribution in [-0.2, 0) is 11.2 Å². The minimum Gasteiger partial charge on any atom is -0.353 e. The highest BCUT2D eigenvalue weighted by Gasteiger charge is 2.25. The van der Waals surface area contributed by atoms with Gasteiger partial charge in [-0.15, -0.1) is 11.3 Å². The van der Waals surface area contributed by atoms with Gasteiger partial charge in [0.15, 0.2) is 0 Å². The Morgan fingerprint density at radius 3 is 2.72 bits per heavy atom. The van der Waals surface area contributed by atoms with E-state index in [-0.39, 0.29) is 23.6 Å². The molecular formula is C21H23N5O2S. The van der Waals surface area contributed by atoms with Crippen molar-refractivity contribution in [3.05, 3.63) is 63.1 Å². The van der Waals surface area contributed by atoms with E-state index in [4.69, 9.17) is 0 Å². The molecule has 1 aliphatic rings. The molecule has 0 atom stereocenters. The number of carbonyl (C=O) groups excluding carboxylic acids is 1. The minimum absolute atomic E-state index is 0.0333. The van der Waals surface area contributed by atoms with E-state index in [1.165, 1.54) is 0 Å². The highest BCUT2D eigenvalue weighted by molar-refractivity contribution is 7.11. The van der Waals surface area contributed by atoms with Gasteiger partial charge in [0, 0.05) is 41.1 Å². The molecule has 150 valence electrons. The maximum atomic E-state index is 12.4. The van der Waals surface area contributed by atoms with Crippen LogP contribution in [0.15, 0.2) is 47.7 Å². The van der Waals surface area contributed by atoms with Crippen molar-refractivity contribution in [3.63, 3.8) is 0 Å². The molecule has 29 heavy (non-hydrogen) atoms. The fourth-order valence-electron chi connectivity index (χ4n) is 3.74. The molecule has 0 spiro atoms. The average molecular weight is 410 g/mol. The van der Waals surface area contributed by atoms with Crippen LogP contribution in [0.1, 0.15) is 41.6 Å². The highest BCUT2D eigenvalue weighted by atomic mass is 32.1. The van der Waals surface area contributed by atoms with Gasteiger partial charge in [-0.3, -0.25) is 14.6 Å². The number of aryl methyl sites for hydroxylation is 1. The lowest BCUT2D eigenvalue weighted by Crippen LogP contribution is -2.40. The normalized spacial score (nSPS) is 19.1. The number of nitrogens with one attached hydrogen (secondary N) is 1. The number of aromatic nitrogens is 4.